The van der Waals surface area contributed by atoms with Gasteiger partial charge in [-0.05, 0) is 38.5 Å². The van der Waals surface area contributed by atoms with Crippen molar-refractivity contribution >= 4 is 19.8 Å². The molecule has 0 aromatic heterocycles. The van der Waals surface area contributed by atoms with E-state index in [2.05, 4.69) is 38.2 Å². The standard InChI is InChI=1S/C53H102NO8P/c1-6-8-10-12-14-16-18-20-22-23-24-25-26-27-28-29-30-31-32-34-35-37-39-41-43-45-52(55)59-49-51(50-61-63(57,58)60-48-47-54(3,4)5)62-53(56)46-44-42-40-38-36-33-21-19-17-15-13-11-9-7-2/h13,15,19,21,51H,6-12,14,16-18,20,22-50H2,1-5H3/b15-13-,21-19-. The number of ether oxygens (including phenoxy) is 2. The van der Waals surface area contributed by atoms with Crippen LogP contribution in [-0.4, -0.2) is 70.0 Å². The molecule has 10 heteroatoms. The Morgan fingerprint density at radius 1 is 0.492 bits per heavy atom. The molecule has 0 heterocycles. The van der Waals surface area contributed by atoms with E-state index in [0.29, 0.717) is 17.4 Å². The highest BCUT2D eigenvalue weighted by Crippen LogP contribution is 2.38. The molecule has 0 spiro atoms. The Labute approximate surface area is 389 Å². The predicted molar refractivity (Wildman–Crippen MR) is 264 cm³/mol. The van der Waals surface area contributed by atoms with Crippen LogP contribution in [0.4, 0.5) is 0 Å². The average molecular weight is 912 g/mol. The van der Waals surface area contributed by atoms with Gasteiger partial charge in [-0.1, -0.05) is 224 Å². The quantitative estimate of drug-likeness (QED) is 0.0195. The number of hydrogen-bond acceptors (Lipinski definition) is 8. The number of carbonyl (C=O) groups excluding carboxylic acids is 2. The van der Waals surface area contributed by atoms with Crippen LogP contribution >= 0.6 is 7.82 Å². The summed E-state index contributed by atoms with van der Waals surface area (Å²) in [6.07, 6.45) is 52.2. The van der Waals surface area contributed by atoms with Gasteiger partial charge in [-0.2, -0.15) is 0 Å². The van der Waals surface area contributed by atoms with E-state index in [1.807, 2.05) is 21.1 Å². The van der Waals surface area contributed by atoms with Gasteiger partial charge in [0.2, 0.25) is 0 Å². The number of unbranched alkanes of at least 4 members (excludes halogenated alkanes) is 31. The number of nitrogens with zero attached hydrogens (tertiary/aromatic N) is 1. The van der Waals surface area contributed by atoms with Crippen LogP contribution < -0.4 is 4.89 Å². The molecule has 0 aliphatic heterocycles. The van der Waals surface area contributed by atoms with Crippen LogP contribution in [0.5, 0.6) is 0 Å². The lowest BCUT2D eigenvalue weighted by Crippen LogP contribution is -2.37. The largest absolute Gasteiger partial charge is 0.756 e. The van der Waals surface area contributed by atoms with Gasteiger partial charge in [0.25, 0.3) is 7.82 Å². The highest BCUT2D eigenvalue weighted by Gasteiger charge is 2.21. The second kappa shape index (κ2) is 45.6. The fraction of sp³-hybridized carbons (Fsp3) is 0.887. The molecule has 2 unspecified atom stereocenters. The zero-order chi connectivity index (χ0) is 46.4. The molecule has 0 aliphatic rings. The molecule has 0 aliphatic carbocycles. The molecule has 0 bridgehead atoms. The third-order valence-electron chi connectivity index (χ3n) is 11.7. The van der Waals surface area contributed by atoms with Crippen molar-refractivity contribution < 1.29 is 42.1 Å². The Hall–Kier alpha value is -1.51. The molecule has 0 rings (SSSR count). The summed E-state index contributed by atoms with van der Waals surface area (Å²) in [5.74, 6) is -0.839. The number of phosphoric acid groups is 1. The highest BCUT2D eigenvalue weighted by atomic mass is 31.2. The molecule has 0 radical (unpaired) electrons. The summed E-state index contributed by atoms with van der Waals surface area (Å²) in [7, 11) is 1.17. The van der Waals surface area contributed by atoms with Gasteiger partial charge >= 0.3 is 11.9 Å². The van der Waals surface area contributed by atoms with Gasteiger partial charge in [0.15, 0.2) is 6.10 Å². The summed E-state index contributed by atoms with van der Waals surface area (Å²) in [5, 5.41) is 0. The van der Waals surface area contributed by atoms with Crippen LogP contribution in [0.1, 0.15) is 251 Å². The normalized spacial score (nSPS) is 13.6. The molecule has 9 nitrogen and oxygen atoms in total. The van der Waals surface area contributed by atoms with E-state index >= 15 is 0 Å². The maximum absolute atomic E-state index is 12.7. The van der Waals surface area contributed by atoms with E-state index in [1.54, 1.807) is 0 Å². The summed E-state index contributed by atoms with van der Waals surface area (Å²) in [4.78, 5) is 37.7. The van der Waals surface area contributed by atoms with Crippen molar-refractivity contribution in [1.82, 2.24) is 0 Å². The van der Waals surface area contributed by atoms with E-state index < -0.39 is 26.5 Å². The number of phosphoric ester groups is 1. The van der Waals surface area contributed by atoms with Crippen molar-refractivity contribution in [2.24, 2.45) is 0 Å². The van der Waals surface area contributed by atoms with Crippen LogP contribution in [-0.2, 0) is 32.7 Å². The summed E-state index contributed by atoms with van der Waals surface area (Å²) in [5.41, 5.74) is 0. The topological polar surface area (TPSA) is 111 Å². The van der Waals surface area contributed by atoms with Crippen molar-refractivity contribution in [1.29, 1.82) is 0 Å². The molecule has 2 atom stereocenters. The summed E-state index contributed by atoms with van der Waals surface area (Å²) < 4.78 is 34.0. The van der Waals surface area contributed by atoms with Crippen molar-refractivity contribution in [2.45, 2.75) is 258 Å². The average Bonchev–Trinajstić information content (AvgIpc) is 3.24. The molecule has 0 saturated heterocycles. The van der Waals surface area contributed by atoms with Crippen LogP contribution in [0.25, 0.3) is 0 Å². The van der Waals surface area contributed by atoms with E-state index in [-0.39, 0.29) is 32.0 Å². The monoisotopic (exact) mass is 912 g/mol. The Kier molecular flexibility index (Phi) is 44.5. The molecular formula is C53H102NO8P. The number of hydrogen-bond donors (Lipinski definition) is 0. The summed E-state index contributed by atoms with van der Waals surface area (Å²) >= 11 is 0. The van der Waals surface area contributed by atoms with Crippen molar-refractivity contribution in [3.63, 3.8) is 0 Å². The van der Waals surface area contributed by atoms with Gasteiger partial charge in [0, 0.05) is 12.8 Å². The van der Waals surface area contributed by atoms with Gasteiger partial charge in [0.05, 0.1) is 27.7 Å². The zero-order valence-electron chi connectivity index (χ0n) is 42.0. The lowest BCUT2D eigenvalue weighted by Gasteiger charge is -2.28. The van der Waals surface area contributed by atoms with Crippen LogP contribution in [0, 0.1) is 0 Å². The van der Waals surface area contributed by atoms with Gasteiger partial charge < -0.3 is 27.9 Å². The summed E-state index contributed by atoms with van der Waals surface area (Å²) in [6.45, 7) is 4.21. The lowest BCUT2D eigenvalue weighted by molar-refractivity contribution is -0.870. The van der Waals surface area contributed by atoms with Crippen LogP contribution in [0.2, 0.25) is 0 Å². The first-order chi connectivity index (χ1) is 30.5. The maximum Gasteiger partial charge on any atom is 0.306 e. The van der Waals surface area contributed by atoms with Gasteiger partial charge in [-0.3, -0.25) is 14.2 Å². The molecule has 372 valence electrons. The molecule has 0 N–H and O–H groups in total. The molecular weight excluding hydrogens is 810 g/mol. The number of allylic oxidation sites excluding steroid dienone is 4. The van der Waals surface area contributed by atoms with Crippen molar-refractivity contribution in [3.05, 3.63) is 24.3 Å². The highest BCUT2D eigenvalue weighted by molar-refractivity contribution is 7.45. The lowest BCUT2D eigenvalue weighted by atomic mass is 10.0. The third kappa shape index (κ3) is 49.8. The van der Waals surface area contributed by atoms with E-state index in [0.717, 1.165) is 64.2 Å². The Balaban J connectivity index is 4.12. The Bertz CT molecular complexity index is 1120. The SMILES string of the molecule is CCCC/C=C\C/C=C\CCCCCCCC(=O)OC(COC(=O)CCCCCCCCCCCCCCCCCCCCCCCCCCC)COP(=O)([O-])OCC[N+](C)(C)C. The molecule has 0 aromatic rings. The third-order valence-corrected chi connectivity index (χ3v) is 12.7. The molecule has 0 amide bonds. The first-order valence-corrected chi connectivity index (χ1v) is 28.0. The maximum atomic E-state index is 12.7. The van der Waals surface area contributed by atoms with Crippen molar-refractivity contribution in [3.8, 4) is 0 Å². The number of quaternary nitrogens is 1. The minimum absolute atomic E-state index is 0.0317. The minimum Gasteiger partial charge on any atom is -0.756 e. The fourth-order valence-electron chi connectivity index (χ4n) is 7.56. The predicted octanol–water partition coefficient (Wildman–Crippen LogP) is 15.2. The molecule has 0 saturated carbocycles. The molecule has 0 aromatic carbocycles. The van der Waals surface area contributed by atoms with E-state index in [4.69, 9.17) is 18.5 Å². The zero-order valence-corrected chi connectivity index (χ0v) is 42.9. The second-order valence-electron chi connectivity index (χ2n) is 19.2. The first-order valence-electron chi connectivity index (χ1n) is 26.5. The number of rotatable bonds is 49. The van der Waals surface area contributed by atoms with Gasteiger partial charge in [-0.25, -0.2) is 0 Å². The molecule has 63 heavy (non-hydrogen) atoms. The Morgan fingerprint density at radius 2 is 0.873 bits per heavy atom. The smallest absolute Gasteiger partial charge is 0.306 e. The number of carbonyl (C=O) groups is 2. The first kappa shape index (κ1) is 61.5. The van der Waals surface area contributed by atoms with Crippen molar-refractivity contribution in [2.75, 3.05) is 47.5 Å². The van der Waals surface area contributed by atoms with E-state index in [1.165, 1.54) is 154 Å². The van der Waals surface area contributed by atoms with Gasteiger partial charge in [0.1, 0.15) is 19.8 Å². The summed E-state index contributed by atoms with van der Waals surface area (Å²) in [6, 6.07) is 0. The van der Waals surface area contributed by atoms with Crippen LogP contribution in [0.3, 0.4) is 0 Å². The fourth-order valence-corrected chi connectivity index (χ4v) is 8.28. The Morgan fingerprint density at radius 3 is 1.30 bits per heavy atom. The van der Waals surface area contributed by atoms with Crippen LogP contribution in [0.15, 0.2) is 24.3 Å². The van der Waals surface area contributed by atoms with E-state index in [9.17, 15) is 19.0 Å². The van der Waals surface area contributed by atoms with Gasteiger partial charge in [-0.15, -0.1) is 0 Å². The second-order valence-corrected chi connectivity index (χ2v) is 20.7. The minimum atomic E-state index is -4.63. The number of esters is 2. The number of likely N-dealkylation sites (N-methyl/N-ethyl adjacent to an activating group) is 1. The molecule has 0 fully saturated rings.